The molecule has 1 aliphatic rings. The number of aromatic amines is 1. The number of hydrogen-bond donors (Lipinski definition) is 2. The molecule has 1 saturated carbocycles. The summed E-state index contributed by atoms with van der Waals surface area (Å²) in [5, 5.41) is 2.97. The lowest BCUT2D eigenvalue weighted by molar-refractivity contribution is -0.121. The van der Waals surface area contributed by atoms with Gasteiger partial charge in [0, 0.05) is 26.0 Å². The second-order valence-electron chi connectivity index (χ2n) is 7.12. The molecule has 0 spiro atoms. The van der Waals surface area contributed by atoms with Crippen molar-refractivity contribution in [2.45, 2.75) is 64.9 Å². The monoisotopic (exact) mass is 343 g/mol. The highest BCUT2D eigenvalue weighted by molar-refractivity contribution is 5.78. The lowest BCUT2D eigenvalue weighted by Gasteiger charge is -2.11. The van der Waals surface area contributed by atoms with E-state index in [1.807, 2.05) is 0 Å². The number of ether oxygens (including phenoxy) is 1. The average Bonchev–Trinajstić information content (AvgIpc) is 3.22. The van der Waals surface area contributed by atoms with Gasteiger partial charge in [-0.15, -0.1) is 0 Å². The summed E-state index contributed by atoms with van der Waals surface area (Å²) >= 11 is 0. The van der Waals surface area contributed by atoms with Gasteiger partial charge in [0.05, 0.1) is 17.1 Å². The number of hydrogen-bond acceptors (Lipinski definition) is 3. The van der Waals surface area contributed by atoms with Crippen LogP contribution in [0.2, 0.25) is 0 Å². The molecule has 0 atom stereocenters. The van der Waals surface area contributed by atoms with Crippen LogP contribution in [0.15, 0.2) is 12.1 Å². The summed E-state index contributed by atoms with van der Waals surface area (Å²) in [4.78, 5) is 19.9. The van der Waals surface area contributed by atoms with Crippen molar-refractivity contribution in [3.63, 3.8) is 0 Å². The predicted molar refractivity (Wildman–Crippen MR) is 99.7 cm³/mol. The number of carbonyl (C=O) groups excluding carboxylic acids is 1. The van der Waals surface area contributed by atoms with E-state index < -0.39 is 0 Å². The van der Waals surface area contributed by atoms with Crippen LogP contribution in [0, 0.1) is 13.8 Å². The van der Waals surface area contributed by atoms with Crippen LogP contribution < -0.4 is 5.32 Å². The zero-order valence-electron chi connectivity index (χ0n) is 15.4. The Morgan fingerprint density at radius 1 is 1.28 bits per heavy atom. The number of amides is 1. The maximum Gasteiger partial charge on any atom is 0.220 e. The molecule has 5 heteroatoms. The van der Waals surface area contributed by atoms with Crippen molar-refractivity contribution in [2.75, 3.05) is 13.2 Å². The van der Waals surface area contributed by atoms with Gasteiger partial charge in [-0.3, -0.25) is 4.79 Å². The largest absolute Gasteiger partial charge is 0.378 e. The van der Waals surface area contributed by atoms with E-state index in [0.717, 1.165) is 29.9 Å². The molecule has 1 aliphatic carbocycles. The number of fused-ring (bicyclic) bond motifs is 1. The van der Waals surface area contributed by atoms with Gasteiger partial charge in [-0.2, -0.15) is 0 Å². The zero-order chi connectivity index (χ0) is 17.6. The van der Waals surface area contributed by atoms with Gasteiger partial charge in [-0.25, -0.2) is 4.98 Å². The molecule has 136 valence electrons. The number of nitrogens with one attached hydrogen (secondary N) is 2. The number of nitrogens with zero attached hydrogens (tertiary/aromatic N) is 1. The summed E-state index contributed by atoms with van der Waals surface area (Å²) in [5.74, 6) is 0.952. The predicted octanol–water partition coefficient (Wildman–Crippen LogP) is 3.58. The third-order valence-electron chi connectivity index (χ3n) is 5.03. The Labute approximate surface area is 149 Å². The van der Waals surface area contributed by atoms with E-state index in [0.29, 0.717) is 25.5 Å². The molecule has 0 aliphatic heterocycles. The molecule has 1 heterocycles. The normalized spacial score (nSPS) is 15.1. The lowest BCUT2D eigenvalue weighted by Crippen LogP contribution is -2.26. The van der Waals surface area contributed by atoms with Gasteiger partial charge in [-0.1, -0.05) is 12.8 Å². The SMILES string of the molecule is Cc1cc2nc(CCC(=O)NCCCOC3CCCC3)[nH]c2cc1C. The van der Waals surface area contributed by atoms with Crippen LogP contribution in [0.25, 0.3) is 11.0 Å². The topological polar surface area (TPSA) is 67.0 Å². The van der Waals surface area contributed by atoms with Crippen LogP contribution in [-0.4, -0.2) is 35.1 Å². The number of aromatic nitrogens is 2. The van der Waals surface area contributed by atoms with E-state index >= 15 is 0 Å². The molecule has 25 heavy (non-hydrogen) atoms. The first-order valence-corrected chi connectivity index (χ1v) is 9.46. The van der Waals surface area contributed by atoms with Crippen LogP contribution in [0.3, 0.4) is 0 Å². The fourth-order valence-corrected chi connectivity index (χ4v) is 3.37. The standard InChI is InChI=1S/C20H29N3O2/c1-14-12-17-18(13-15(14)2)23-19(22-17)8-9-20(24)21-10-5-11-25-16-6-3-4-7-16/h12-13,16H,3-11H2,1-2H3,(H,21,24)(H,22,23). The fourth-order valence-electron chi connectivity index (χ4n) is 3.37. The van der Waals surface area contributed by atoms with Crippen LogP contribution in [-0.2, 0) is 16.0 Å². The maximum absolute atomic E-state index is 12.0. The maximum atomic E-state index is 12.0. The molecular formula is C20H29N3O2. The summed E-state index contributed by atoms with van der Waals surface area (Å²) < 4.78 is 5.80. The minimum absolute atomic E-state index is 0.0775. The van der Waals surface area contributed by atoms with Gasteiger partial charge in [0.1, 0.15) is 5.82 Å². The Kier molecular flexibility index (Phi) is 6.08. The Morgan fingerprint density at radius 3 is 2.84 bits per heavy atom. The Bertz CT molecular complexity index is 678. The number of benzene rings is 1. The third-order valence-corrected chi connectivity index (χ3v) is 5.03. The summed E-state index contributed by atoms with van der Waals surface area (Å²) in [6, 6.07) is 4.21. The van der Waals surface area contributed by atoms with E-state index in [9.17, 15) is 4.79 Å². The molecule has 0 saturated heterocycles. The summed E-state index contributed by atoms with van der Waals surface area (Å²) in [7, 11) is 0. The van der Waals surface area contributed by atoms with Gasteiger partial charge in [-0.05, 0) is 56.4 Å². The first-order chi connectivity index (χ1) is 12.1. The molecule has 0 bridgehead atoms. The molecule has 2 N–H and O–H groups in total. The van der Waals surface area contributed by atoms with Gasteiger partial charge in [0.2, 0.25) is 5.91 Å². The number of imidazole rings is 1. The van der Waals surface area contributed by atoms with Crippen LogP contribution in [0.1, 0.15) is 55.5 Å². The van der Waals surface area contributed by atoms with Crippen molar-refractivity contribution in [1.82, 2.24) is 15.3 Å². The Morgan fingerprint density at radius 2 is 2.04 bits per heavy atom. The number of carbonyl (C=O) groups is 1. The van der Waals surface area contributed by atoms with E-state index in [2.05, 4.69) is 41.3 Å². The smallest absolute Gasteiger partial charge is 0.220 e. The third kappa shape index (κ3) is 5.05. The molecule has 3 rings (SSSR count). The molecule has 1 aromatic carbocycles. The second kappa shape index (κ2) is 8.48. The van der Waals surface area contributed by atoms with E-state index in [4.69, 9.17) is 4.74 Å². The van der Waals surface area contributed by atoms with Crippen LogP contribution >= 0.6 is 0 Å². The van der Waals surface area contributed by atoms with Crippen LogP contribution in [0.4, 0.5) is 0 Å². The number of rotatable bonds is 8. The molecule has 1 fully saturated rings. The minimum atomic E-state index is 0.0775. The van der Waals surface area contributed by atoms with Gasteiger partial charge < -0.3 is 15.0 Å². The molecule has 5 nitrogen and oxygen atoms in total. The highest BCUT2D eigenvalue weighted by atomic mass is 16.5. The number of H-pyrrole nitrogens is 1. The van der Waals surface area contributed by atoms with Crippen molar-refractivity contribution >= 4 is 16.9 Å². The van der Waals surface area contributed by atoms with Crippen LogP contribution in [0.5, 0.6) is 0 Å². The second-order valence-corrected chi connectivity index (χ2v) is 7.12. The Hall–Kier alpha value is -1.88. The zero-order valence-corrected chi connectivity index (χ0v) is 15.4. The highest BCUT2D eigenvalue weighted by Gasteiger charge is 2.14. The van der Waals surface area contributed by atoms with E-state index in [-0.39, 0.29) is 5.91 Å². The van der Waals surface area contributed by atoms with Crippen molar-refractivity contribution in [1.29, 1.82) is 0 Å². The van der Waals surface area contributed by atoms with Crippen molar-refractivity contribution < 1.29 is 9.53 Å². The summed E-state index contributed by atoms with van der Waals surface area (Å²) in [5.41, 5.74) is 4.51. The fraction of sp³-hybridized carbons (Fsp3) is 0.600. The van der Waals surface area contributed by atoms with Gasteiger partial charge >= 0.3 is 0 Å². The molecule has 2 aromatic rings. The molecule has 0 radical (unpaired) electrons. The quantitative estimate of drug-likeness (QED) is 0.720. The molecule has 1 amide bonds. The highest BCUT2D eigenvalue weighted by Crippen LogP contribution is 2.21. The summed E-state index contributed by atoms with van der Waals surface area (Å²) in [6.45, 7) is 5.61. The average molecular weight is 343 g/mol. The molecule has 1 aromatic heterocycles. The number of aryl methyl sites for hydroxylation is 3. The Balaban J connectivity index is 1.35. The summed E-state index contributed by atoms with van der Waals surface area (Å²) in [6.07, 6.45) is 7.41. The van der Waals surface area contributed by atoms with E-state index in [1.54, 1.807) is 0 Å². The first-order valence-electron chi connectivity index (χ1n) is 9.46. The van der Waals surface area contributed by atoms with Gasteiger partial charge in [0.15, 0.2) is 0 Å². The minimum Gasteiger partial charge on any atom is -0.378 e. The van der Waals surface area contributed by atoms with Crippen molar-refractivity contribution in [3.8, 4) is 0 Å². The first kappa shape index (κ1) is 17.9. The van der Waals surface area contributed by atoms with E-state index in [1.165, 1.54) is 36.8 Å². The lowest BCUT2D eigenvalue weighted by atomic mass is 10.1. The van der Waals surface area contributed by atoms with Crippen molar-refractivity contribution in [3.05, 3.63) is 29.1 Å². The van der Waals surface area contributed by atoms with Crippen molar-refractivity contribution in [2.24, 2.45) is 0 Å². The molecular weight excluding hydrogens is 314 g/mol. The molecule has 0 unspecified atom stereocenters. The van der Waals surface area contributed by atoms with Gasteiger partial charge in [0.25, 0.3) is 0 Å².